The van der Waals surface area contributed by atoms with Crippen molar-refractivity contribution in [3.05, 3.63) is 34.9 Å². The van der Waals surface area contributed by atoms with Gasteiger partial charge in [0.05, 0.1) is 0 Å². The summed E-state index contributed by atoms with van der Waals surface area (Å²) in [4.78, 5) is 2.35. The van der Waals surface area contributed by atoms with Crippen molar-refractivity contribution in [2.45, 2.75) is 26.3 Å². The third-order valence-corrected chi connectivity index (χ3v) is 3.83. The Morgan fingerprint density at radius 3 is 2.73 bits per heavy atom. The number of hydrogen-bond donors (Lipinski definition) is 0. The molecule has 0 bridgehead atoms. The fraction of sp³-hybridized carbons (Fsp3) is 0.417. The molecule has 1 aromatic carbocycles. The van der Waals surface area contributed by atoms with Gasteiger partial charge in [-0.3, -0.25) is 0 Å². The van der Waals surface area contributed by atoms with Crippen LogP contribution >= 0.6 is 0 Å². The fourth-order valence-electron chi connectivity index (χ4n) is 1.99. The summed E-state index contributed by atoms with van der Waals surface area (Å²) in [5, 5.41) is 0. The van der Waals surface area contributed by atoms with Gasteiger partial charge in [-0.05, 0) is 0 Å². The Morgan fingerprint density at radius 2 is 2.07 bits per heavy atom. The van der Waals surface area contributed by atoms with Crippen molar-refractivity contribution in [1.82, 2.24) is 4.90 Å². The molecule has 2 rings (SSSR count). The van der Waals surface area contributed by atoms with E-state index >= 15 is 0 Å². The molecule has 1 heterocycles. The summed E-state index contributed by atoms with van der Waals surface area (Å²) in [7, 11) is 2.17. The second-order valence-electron chi connectivity index (χ2n) is 4.08. The molecule has 1 aliphatic heterocycles. The van der Waals surface area contributed by atoms with Crippen molar-refractivity contribution < 1.29 is 35.5 Å². The van der Waals surface area contributed by atoms with Crippen LogP contribution in [0.4, 0.5) is 0 Å². The first kappa shape index (κ1) is 13.3. The van der Waals surface area contributed by atoms with Crippen LogP contribution in [0.2, 0.25) is 0 Å². The van der Waals surface area contributed by atoms with E-state index in [-0.39, 0.29) is 18.6 Å². The van der Waals surface area contributed by atoms with Gasteiger partial charge in [0.25, 0.3) is 0 Å². The van der Waals surface area contributed by atoms with E-state index in [1.807, 2.05) is 0 Å². The first-order valence-electron chi connectivity index (χ1n) is 4.96. The maximum atomic E-state index is 2.69. The van der Waals surface area contributed by atoms with Gasteiger partial charge in [0.15, 0.2) is 0 Å². The molecule has 1 atom stereocenters. The smallest absolute Gasteiger partial charge is 0 e. The number of likely N-dealkylation sites (N-methyl/N-ethyl adjacent to an activating group) is 1. The number of benzene rings is 1. The van der Waals surface area contributed by atoms with Gasteiger partial charge in [0.1, 0.15) is 0 Å². The summed E-state index contributed by atoms with van der Waals surface area (Å²) in [5.74, 6) is 0. The summed E-state index contributed by atoms with van der Waals surface area (Å²) in [6.45, 7) is 4.43. The van der Waals surface area contributed by atoms with Crippen molar-refractivity contribution in [3.63, 3.8) is 0 Å². The summed E-state index contributed by atoms with van der Waals surface area (Å²) in [6, 6.07) is 7.30. The average Bonchev–Trinajstić information content (AvgIpc) is 2.16. The van der Waals surface area contributed by atoms with Crippen molar-refractivity contribution in [2.75, 3.05) is 7.05 Å². The average molecular weight is 275 g/mol. The Bertz CT molecular complexity index is 387. The van der Waals surface area contributed by atoms with Crippen LogP contribution in [0, 0.1) is 6.92 Å². The van der Waals surface area contributed by atoms with E-state index in [2.05, 4.69) is 61.0 Å². The van der Waals surface area contributed by atoms with Crippen LogP contribution in [-0.4, -0.2) is 16.3 Å². The molecule has 1 aliphatic rings. The van der Waals surface area contributed by atoms with Gasteiger partial charge in [-0.25, -0.2) is 0 Å². The first-order valence-corrected chi connectivity index (χ1v) is 5.66. The summed E-state index contributed by atoms with van der Waals surface area (Å²) < 4.78 is 1.40. The molecule has 0 saturated carbocycles. The molecule has 0 aliphatic carbocycles. The Balaban J connectivity index is 0.00000112. The molecule has 0 amide bonds. The minimum atomic E-state index is 0. The molecule has 3 heteroatoms. The first-order chi connectivity index (χ1) is 6.59. The van der Waals surface area contributed by atoms with Crippen LogP contribution in [0.1, 0.15) is 29.7 Å². The summed E-state index contributed by atoms with van der Waals surface area (Å²) in [5.41, 5.74) is 4.33. The Morgan fingerprint density at radius 1 is 1.40 bits per heavy atom. The van der Waals surface area contributed by atoms with Gasteiger partial charge in [0, 0.05) is 18.6 Å². The topological polar surface area (TPSA) is 3.24 Å². The third kappa shape index (κ3) is 2.49. The van der Waals surface area contributed by atoms with E-state index in [0.29, 0.717) is 6.04 Å². The van der Waals surface area contributed by atoms with Gasteiger partial charge in [-0.2, -0.15) is 0 Å². The van der Waals surface area contributed by atoms with Crippen molar-refractivity contribution in [3.8, 4) is 0 Å². The van der Waals surface area contributed by atoms with Crippen LogP contribution in [-0.2, 0) is 42.0 Å². The monoisotopic (exact) mass is 275 g/mol. The zero-order chi connectivity index (χ0) is 10.3. The molecular weight excluding hydrogens is 260 g/mol. The number of aryl methyl sites for hydroxylation is 1. The van der Waals surface area contributed by atoms with E-state index in [1.165, 1.54) is 21.0 Å². The molecule has 78 valence electrons. The minimum Gasteiger partial charge on any atom is 0 e. The van der Waals surface area contributed by atoms with Crippen LogP contribution < -0.4 is 0 Å². The van der Waals surface area contributed by atoms with Crippen LogP contribution in [0.25, 0.3) is 0 Å². The summed E-state index contributed by atoms with van der Waals surface area (Å²) >= 11 is 2.69. The minimum absolute atomic E-state index is 0. The van der Waals surface area contributed by atoms with Gasteiger partial charge >= 0.3 is 94.5 Å². The van der Waals surface area contributed by atoms with Gasteiger partial charge in [-0.15, -0.1) is 0 Å². The number of rotatable bonds is 0. The summed E-state index contributed by atoms with van der Waals surface area (Å²) in [6.07, 6.45) is 1.08. The molecule has 0 spiro atoms. The predicted octanol–water partition coefficient (Wildman–Crippen LogP) is 2.22. The molecule has 0 N–H and O–H groups in total. The molecule has 1 unspecified atom stereocenters. The van der Waals surface area contributed by atoms with E-state index in [0.717, 1.165) is 6.42 Å². The van der Waals surface area contributed by atoms with Crippen molar-refractivity contribution >= 4 is 4.35 Å². The quantitative estimate of drug-likeness (QED) is 0.701. The van der Waals surface area contributed by atoms with E-state index in [1.54, 1.807) is 0 Å². The number of fused-ring (bicyclic) bond motifs is 1. The normalized spacial score (nSPS) is 20.7. The largest absolute Gasteiger partial charge is 0 e. The Hall–Kier alpha value is 0.219. The molecule has 15 heavy (non-hydrogen) atoms. The molecule has 0 aromatic heterocycles. The molecule has 1 nitrogen and oxygen atoms in total. The fourth-order valence-corrected chi connectivity index (χ4v) is 2.53. The standard InChI is InChI=1S/C12H15N.2V/c1-9-4-5-11-6-7-13(3)10(2)12(11)8-9;;/h4-5,8,10H,6H2,1-3H3;;. The van der Waals surface area contributed by atoms with Gasteiger partial charge in [-0.1, -0.05) is 0 Å². The van der Waals surface area contributed by atoms with E-state index in [4.69, 9.17) is 0 Å². The van der Waals surface area contributed by atoms with Crippen LogP contribution in [0.15, 0.2) is 18.2 Å². The maximum Gasteiger partial charge on any atom is 0 e. The van der Waals surface area contributed by atoms with E-state index in [9.17, 15) is 0 Å². The zero-order valence-corrected chi connectivity index (χ0v) is 12.2. The van der Waals surface area contributed by atoms with Gasteiger partial charge < -0.3 is 0 Å². The molecule has 1 aromatic rings. The van der Waals surface area contributed by atoms with Gasteiger partial charge in [0.2, 0.25) is 0 Å². The van der Waals surface area contributed by atoms with Crippen LogP contribution in [0.3, 0.4) is 0 Å². The zero-order valence-electron chi connectivity index (χ0n) is 9.36. The molecular formula is C12H15NV2. The second-order valence-corrected chi connectivity index (χ2v) is 4.89. The number of nitrogens with zero attached hydrogens (tertiary/aromatic N) is 1. The Kier molecular flexibility index (Phi) is 4.46. The molecule has 0 fully saturated rings. The number of hydrogen-bond acceptors (Lipinski definition) is 1. The predicted molar refractivity (Wildman–Crippen MR) is 56.1 cm³/mol. The molecule has 0 saturated heterocycles. The maximum absolute atomic E-state index is 2.69. The molecule has 1 radical (unpaired) electrons. The van der Waals surface area contributed by atoms with E-state index < -0.39 is 0 Å². The second kappa shape index (κ2) is 5.03. The SMILES string of the molecule is Cc1ccc2c(c1)C(C)N(C)[C](=[V])C2.[V]. The van der Waals surface area contributed by atoms with Crippen molar-refractivity contribution in [1.29, 1.82) is 0 Å². The Labute approximate surface area is 113 Å². The van der Waals surface area contributed by atoms with Crippen molar-refractivity contribution in [2.24, 2.45) is 0 Å². The third-order valence-electron chi connectivity index (χ3n) is 3.09. The van der Waals surface area contributed by atoms with Crippen LogP contribution in [0.5, 0.6) is 0 Å².